The molecular weight excluding hydrogens is 274 g/mol. The summed E-state index contributed by atoms with van der Waals surface area (Å²) in [6.07, 6.45) is 0.644. The molecule has 0 radical (unpaired) electrons. The lowest BCUT2D eigenvalue weighted by molar-refractivity contribution is -0.142. The predicted octanol–water partition coefficient (Wildman–Crippen LogP) is -0.599. The van der Waals surface area contributed by atoms with Crippen molar-refractivity contribution in [2.75, 3.05) is 32.2 Å². The number of nitrogens with one attached hydrogen (secondary N) is 1. The van der Waals surface area contributed by atoms with Gasteiger partial charge in [0.1, 0.15) is 0 Å². The van der Waals surface area contributed by atoms with Gasteiger partial charge in [0.15, 0.2) is 0 Å². The first-order valence-electron chi connectivity index (χ1n) is 6.29. The summed E-state index contributed by atoms with van der Waals surface area (Å²) in [5.74, 6) is -0.882. The maximum Gasteiger partial charge on any atom is 0.306 e. The third-order valence-electron chi connectivity index (χ3n) is 3.00. The van der Waals surface area contributed by atoms with E-state index in [1.807, 2.05) is 0 Å². The van der Waals surface area contributed by atoms with Gasteiger partial charge >= 0.3 is 5.97 Å². The Bertz CT molecular complexity index is 388. The molecule has 0 amide bonds. The largest absolute Gasteiger partial charge is 0.466 e. The molecule has 2 N–H and O–H groups in total. The molecule has 0 aliphatic carbocycles. The maximum absolute atomic E-state index is 11.9. The molecule has 112 valence electrons. The van der Waals surface area contributed by atoms with E-state index in [4.69, 9.17) is 4.74 Å². The van der Waals surface area contributed by atoms with E-state index < -0.39 is 21.5 Å². The van der Waals surface area contributed by atoms with Gasteiger partial charge in [-0.2, -0.15) is 0 Å². The van der Waals surface area contributed by atoms with Crippen molar-refractivity contribution in [3.8, 4) is 0 Å². The molecular formula is C11H21NO6S. The van der Waals surface area contributed by atoms with Gasteiger partial charge in [0.25, 0.3) is 0 Å². The second-order valence-corrected chi connectivity index (χ2v) is 6.37. The van der Waals surface area contributed by atoms with Gasteiger partial charge in [0, 0.05) is 13.2 Å². The number of ether oxygens (including phenoxy) is 2. The number of esters is 1. The van der Waals surface area contributed by atoms with Crippen molar-refractivity contribution in [2.24, 2.45) is 0 Å². The summed E-state index contributed by atoms with van der Waals surface area (Å²) in [5.41, 5.74) is -0.869. The number of sulfonamides is 1. The molecule has 1 heterocycles. The average Bonchev–Trinajstić information content (AvgIpc) is 2.37. The van der Waals surface area contributed by atoms with E-state index in [1.54, 1.807) is 6.92 Å². The Morgan fingerprint density at radius 1 is 1.42 bits per heavy atom. The topological polar surface area (TPSA) is 102 Å². The molecule has 0 saturated carbocycles. The first-order chi connectivity index (χ1) is 8.93. The van der Waals surface area contributed by atoms with Gasteiger partial charge in [-0.25, -0.2) is 13.1 Å². The Balaban J connectivity index is 2.54. The standard InChI is InChI=1S/C11H21NO6S/c1-2-18-10(14)3-8-19(15,16)12-11(9-13)4-6-17-7-5-11/h12-13H,2-9H2,1H3. The van der Waals surface area contributed by atoms with Gasteiger partial charge in [-0.1, -0.05) is 0 Å². The highest BCUT2D eigenvalue weighted by atomic mass is 32.2. The Morgan fingerprint density at radius 2 is 2.05 bits per heavy atom. The molecule has 1 aliphatic rings. The number of carbonyl (C=O) groups is 1. The van der Waals surface area contributed by atoms with Crippen molar-refractivity contribution in [2.45, 2.75) is 31.7 Å². The summed E-state index contributed by atoms with van der Waals surface area (Å²) in [6, 6.07) is 0. The highest BCUT2D eigenvalue weighted by Gasteiger charge is 2.35. The molecule has 0 bridgehead atoms. The van der Waals surface area contributed by atoms with E-state index in [0.717, 1.165) is 0 Å². The fraction of sp³-hybridized carbons (Fsp3) is 0.909. The zero-order valence-corrected chi connectivity index (χ0v) is 11.9. The molecule has 0 aromatic carbocycles. The molecule has 0 spiro atoms. The predicted molar refractivity (Wildman–Crippen MR) is 68.0 cm³/mol. The molecule has 7 nitrogen and oxygen atoms in total. The smallest absolute Gasteiger partial charge is 0.306 e. The van der Waals surface area contributed by atoms with Crippen LogP contribution in [0, 0.1) is 0 Å². The highest BCUT2D eigenvalue weighted by molar-refractivity contribution is 7.89. The van der Waals surface area contributed by atoms with Crippen LogP contribution in [0.15, 0.2) is 0 Å². The molecule has 0 unspecified atom stereocenters. The van der Waals surface area contributed by atoms with Gasteiger partial charge in [0.2, 0.25) is 10.0 Å². The van der Waals surface area contributed by atoms with Crippen LogP contribution in [0.5, 0.6) is 0 Å². The molecule has 19 heavy (non-hydrogen) atoms. The van der Waals surface area contributed by atoms with Gasteiger partial charge in [-0.3, -0.25) is 4.79 Å². The minimum Gasteiger partial charge on any atom is -0.466 e. The lowest BCUT2D eigenvalue weighted by atomic mass is 9.93. The van der Waals surface area contributed by atoms with Crippen molar-refractivity contribution >= 4 is 16.0 Å². The van der Waals surface area contributed by atoms with Crippen molar-refractivity contribution in [3.05, 3.63) is 0 Å². The molecule has 0 aromatic heterocycles. The Morgan fingerprint density at radius 3 is 2.58 bits per heavy atom. The number of carbonyl (C=O) groups excluding carboxylic acids is 1. The van der Waals surface area contributed by atoms with Crippen molar-refractivity contribution in [1.29, 1.82) is 0 Å². The summed E-state index contributed by atoms with van der Waals surface area (Å²) in [4.78, 5) is 11.1. The summed E-state index contributed by atoms with van der Waals surface area (Å²) in [6.45, 7) is 2.41. The normalized spacial score (nSPS) is 19.1. The SMILES string of the molecule is CCOC(=O)CCS(=O)(=O)NC1(CO)CCOCC1. The summed E-state index contributed by atoms with van der Waals surface area (Å²) < 4.78 is 36.1. The minimum absolute atomic E-state index is 0.193. The second kappa shape index (κ2) is 7.18. The quantitative estimate of drug-likeness (QED) is 0.608. The fourth-order valence-electron chi connectivity index (χ4n) is 1.89. The molecule has 1 rings (SSSR count). The first kappa shape index (κ1) is 16.4. The van der Waals surface area contributed by atoms with Crippen molar-refractivity contribution in [1.82, 2.24) is 4.72 Å². The molecule has 8 heteroatoms. The van der Waals surface area contributed by atoms with E-state index in [2.05, 4.69) is 9.46 Å². The van der Waals surface area contributed by atoms with Crippen LogP contribution < -0.4 is 4.72 Å². The first-order valence-corrected chi connectivity index (χ1v) is 7.94. The van der Waals surface area contributed by atoms with Crippen LogP contribution in [0.2, 0.25) is 0 Å². The average molecular weight is 295 g/mol. The summed E-state index contributed by atoms with van der Waals surface area (Å²) in [5, 5.41) is 9.39. The Kier molecular flexibility index (Phi) is 6.18. The van der Waals surface area contributed by atoms with Crippen LogP contribution in [0.1, 0.15) is 26.2 Å². The zero-order chi connectivity index (χ0) is 14.4. The van der Waals surface area contributed by atoms with Gasteiger partial charge in [0.05, 0.1) is 30.9 Å². The Labute approximate surface area is 113 Å². The second-order valence-electron chi connectivity index (χ2n) is 4.53. The van der Waals surface area contributed by atoms with Crippen LogP contribution in [0.3, 0.4) is 0 Å². The Hall–Kier alpha value is -0.700. The molecule has 1 fully saturated rings. The molecule has 0 aromatic rings. The van der Waals surface area contributed by atoms with E-state index in [1.165, 1.54) is 0 Å². The lowest BCUT2D eigenvalue weighted by Gasteiger charge is -2.35. The fourth-order valence-corrected chi connectivity index (χ4v) is 3.35. The van der Waals surface area contributed by atoms with Crippen LogP contribution in [0.4, 0.5) is 0 Å². The van der Waals surface area contributed by atoms with Gasteiger partial charge in [-0.15, -0.1) is 0 Å². The third kappa shape index (κ3) is 5.43. The van der Waals surface area contributed by atoms with E-state index >= 15 is 0 Å². The molecule has 1 saturated heterocycles. The van der Waals surface area contributed by atoms with Gasteiger partial charge < -0.3 is 14.6 Å². The monoisotopic (exact) mass is 295 g/mol. The van der Waals surface area contributed by atoms with Crippen LogP contribution in [-0.4, -0.2) is 57.2 Å². The zero-order valence-electron chi connectivity index (χ0n) is 11.1. The minimum atomic E-state index is -3.63. The van der Waals surface area contributed by atoms with Crippen LogP contribution in [-0.2, 0) is 24.3 Å². The number of rotatable bonds is 7. The van der Waals surface area contributed by atoms with E-state index in [0.29, 0.717) is 26.1 Å². The van der Waals surface area contributed by atoms with Crippen LogP contribution >= 0.6 is 0 Å². The number of aliphatic hydroxyl groups is 1. The number of hydrogen-bond acceptors (Lipinski definition) is 6. The number of hydrogen-bond donors (Lipinski definition) is 2. The number of aliphatic hydroxyl groups excluding tert-OH is 1. The molecule has 0 atom stereocenters. The van der Waals surface area contributed by atoms with E-state index in [-0.39, 0.29) is 25.4 Å². The third-order valence-corrected chi connectivity index (χ3v) is 4.49. The van der Waals surface area contributed by atoms with Crippen LogP contribution in [0.25, 0.3) is 0 Å². The van der Waals surface area contributed by atoms with Crippen molar-refractivity contribution < 1.29 is 27.8 Å². The summed E-state index contributed by atoms with van der Waals surface area (Å²) in [7, 11) is -3.63. The van der Waals surface area contributed by atoms with E-state index in [9.17, 15) is 18.3 Å². The summed E-state index contributed by atoms with van der Waals surface area (Å²) >= 11 is 0. The molecule has 1 aliphatic heterocycles. The lowest BCUT2D eigenvalue weighted by Crippen LogP contribution is -2.55. The van der Waals surface area contributed by atoms with Gasteiger partial charge in [-0.05, 0) is 19.8 Å². The maximum atomic E-state index is 11.9. The highest BCUT2D eigenvalue weighted by Crippen LogP contribution is 2.21. The van der Waals surface area contributed by atoms with Crippen molar-refractivity contribution in [3.63, 3.8) is 0 Å².